The highest BCUT2D eigenvalue weighted by Crippen LogP contribution is 2.34. The van der Waals surface area contributed by atoms with Crippen molar-refractivity contribution in [1.29, 1.82) is 0 Å². The number of rotatable bonds is 5. The summed E-state index contributed by atoms with van der Waals surface area (Å²) in [5.41, 5.74) is 0. The monoisotopic (exact) mass is 283 g/mol. The zero-order valence-corrected chi connectivity index (χ0v) is 13.2. The summed E-state index contributed by atoms with van der Waals surface area (Å²) in [6.45, 7) is 8.59. The van der Waals surface area contributed by atoms with Crippen LogP contribution in [0, 0.1) is 5.92 Å². The van der Waals surface area contributed by atoms with Crippen LogP contribution in [0.5, 0.6) is 0 Å². The zero-order valence-electron chi connectivity index (χ0n) is 13.2. The summed E-state index contributed by atoms with van der Waals surface area (Å²) in [5.74, 6) is 0.152. The van der Waals surface area contributed by atoms with Crippen LogP contribution in [0.25, 0.3) is 0 Å². The Bertz CT molecular complexity index is 318. The number of hydrogen-bond acceptors (Lipinski definition) is 3. The Balaban J connectivity index is 1.87. The number of piperidine rings is 1. The van der Waals surface area contributed by atoms with Gasteiger partial charge in [0.25, 0.3) is 0 Å². The highest BCUT2D eigenvalue weighted by atomic mass is 16.7. The quantitative estimate of drug-likeness (QED) is 0.778. The van der Waals surface area contributed by atoms with Crippen LogP contribution >= 0.6 is 0 Å². The lowest BCUT2D eigenvalue weighted by atomic mass is 9.94. The summed E-state index contributed by atoms with van der Waals surface area (Å²) >= 11 is 0. The van der Waals surface area contributed by atoms with Crippen molar-refractivity contribution in [3.05, 3.63) is 0 Å². The Labute approximate surface area is 122 Å². The molecule has 0 aromatic rings. The lowest BCUT2D eigenvalue weighted by molar-refractivity contribution is -0.195. The third kappa shape index (κ3) is 3.53. The molecule has 1 amide bonds. The van der Waals surface area contributed by atoms with Gasteiger partial charge >= 0.3 is 0 Å². The largest absolute Gasteiger partial charge is 0.347 e. The van der Waals surface area contributed by atoms with E-state index in [1.165, 1.54) is 0 Å². The molecule has 0 saturated carbocycles. The lowest BCUT2D eigenvalue weighted by Gasteiger charge is -2.39. The molecule has 0 aliphatic carbocycles. The Morgan fingerprint density at radius 3 is 2.30 bits per heavy atom. The summed E-state index contributed by atoms with van der Waals surface area (Å²) in [7, 11) is 0. The van der Waals surface area contributed by atoms with E-state index in [-0.39, 0.29) is 12.0 Å². The molecule has 116 valence electrons. The molecule has 1 atom stereocenters. The van der Waals surface area contributed by atoms with Crippen LogP contribution in [0.1, 0.15) is 59.3 Å². The van der Waals surface area contributed by atoms with Gasteiger partial charge in [0.2, 0.25) is 5.91 Å². The van der Waals surface area contributed by atoms with E-state index >= 15 is 0 Å². The predicted octanol–water partition coefficient (Wildman–Crippen LogP) is 2.96. The van der Waals surface area contributed by atoms with Gasteiger partial charge in [0.1, 0.15) is 0 Å². The molecule has 0 aromatic heterocycles. The van der Waals surface area contributed by atoms with E-state index in [0.29, 0.717) is 12.5 Å². The summed E-state index contributed by atoms with van der Waals surface area (Å²) in [4.78, 5) is 14.6. The van der Waals surface area contributed by atoms with Crippen LogP contribution in [0.2, 0.25) is 0 Å². The van der Waals surface area contributed by atoms with E-state index in [2.05, 4.69) is 13.8 Å². The number of carbonyl (C=O) groups is 1. The zero-order chi connectivity index (χ0) is 14.6. The maximum absolute atomic E-state index is 12.6. The van der Waals surface area contributed by atoms with E-state index in [4.69, 9.17) is 9.47 Å². The third-order valence-electron chi connectivity index (χ3n) is 4.46. The van der Waals surface area contributed by atoms with Crippen molar-refractivity contribution in [1.82, 2.24) is 4.90 Å². The molecule has 2 heterocycles. The number of ether oxygens (including phenoxy) is 2. The highest BCUT2D eigenvalue weighted by molar-refractivity contribution is 5.78. The molecule has 0 bridgehead atoms. The third-order valence-corrected chi connectivity index (χ3v) is 4.46. The molecule has 4 heteroatoms. The van der Waals surface area contributed by atoms with Gasteiger partial charge in [0, 0.05) is 31.8 Å². The average molecular weight is 283 g/mol. The van der Waals surface area contributed by atoms with E-state index in [9.17, 15) is 4.79 Å². The predicted molar refractivity (Wildman–Crippen MR) is 78.4 cm³/mol. The Morgan fingerprint density at radius 1 is 1.25 bits per heavy atom. The van der Waals surface area contributed by atoms with E-state index in [1.54, 1.807) is 0 Å². The number of hydrogen-bond donors (Lipinski definition) is 0. The molecular weight excluding hydrogens is 254 g/mol. The van der Waals surface area contributed by atoms with Gasteiger partial charge in [0.05, 0.1) is 12.7 Å². The van der Waals surface area contributed by atoms with Crippen molar-refractivity contribution in [3.8, 4) is 0 Å². The summed E-state index contributed by atoms with van der Waals surface area (Å²) in [5, 5.41) is 0. The average Bonchev–Trinajstić information content (AvgIpc) is 2.80. The Kier molecular flexibility index (Phi) is 5.44. The van der Waals surface area contributed by atoms with Crippen LogP contribution in [-0.2, 0) is 14.3 Å². The fourth-order valence-electron chi connectivity index (χ4n) is 3.38. The number of likely N-dealkylation sites (tertiary alicyclic amines) is 1. The first kappa shape index (κ1) is 15.8. The normalized spacial score (nSPS) is 25.6. The van der Waals surface area contributed by atoms with Crippen LogP contribution in [0.15, 0.2) is 0 Å². The van der Waals surface area contributed by atoms with Gasteiger partial charge in [-0.25, -0.2) is 0 Å². The molecule has 2 fully saturated rings. The van der Waals surface area contributed by atoms with Crippen molar-refractivity contribution in [2.45, 2.75) is 71.2 Å². The molecule has 2 aliphatic rings. The van der Waals surface area contributed by atoms with Gasteiger partial charge in [-0.1, -0.05) is 26.7 Å². The van der Waals surface area contributed by atoms with Crippen molar-refractivity contribution in [2.24, 2.45) is 5.92 Å². The van der Waals surface area contributed by atoms with Gasteiger partial charge in [-0.15, -0.1) is 0 Å². The van der Waals surface area contributed by atoms with Gasteiger partial charge in [-0.2, -0.15) is 0 Å². The minimum Gasteiger partial charge on any atom is -0.347 e. The first-order valence-electron chi connectivity index (χ1n) is 8.20. The SMILES string of the molecule is CCCC(CCC)C(=O)N1CCC2(CC1)OCC(C)O2. The number of amides is 1. The second kappa shape index (κ2) is 6.90. The molecule has 0 N–H and O–H groups in total. The van der Waals surface area contributed by atoms with E-state index in [0.717, 1.165) is 51.6 Å². The summed E-state index contributed by atoms with van der Waals surface area (Å²) < 4.78 is 11.7. The molecule has 2 rings (SSSR count). The molecule has 2 aliphatic heterocycles. The molecule has 0 aromatic carbocycles. The molecular formula is C16H29NO3. The Morgan fingerprint density at radius 2 is 1.85 bits per heavy atom. The molecule has 4 nitrogen and oxygen atoms in total. The minimum atomic E-state index is -0.402. The van der Waals surface area contributed by atoms with Gasteiger partial charge in [-0.3, -0.25) is 4.79 Å². The van der Waals surface area contributed by atoms with E-state index < -0.39 is 5.79 Å². The smallest absolute Gasteiger partial charge is 0.225 e. The van der Waals surface area contributed by atoms with Gasteiger partial charge in [0.15, 0.2) is 5.79 Å². The van der Waals surface area contributed by atoms with Crippen molar-refractivity contribution < 1.29 is 14.3 Å². The maximum Gasteiger partial charge on any atom is 0.225 e. The molecule has 1 spiro atoms. The van der Waals surface area contributed by atoms with Crippen molar-refractivity contribution in [2.75, 3.05) is 19.7 Å². The summed E-state index contributed by atoms with van der Waals surface area (Å²) in [6.07, 6.45) is 6.00. The fourth-order valence-corrected chi connectivity index (χ4v) is 3.38. The van der Waals surface area contributed by atoms with Crippen LogP contribution in [-0.4, -0.2) is 42.4 Å². The van der Waals surface area contributed by atoms with Gasteiger partial charge < -0.3 is 14.4 Å². The van der Waals surface area contributed by atoms with Gasteiger partial charge in [-0.05, 0) is 19.8 Å². The van der Waals surface area contributed by atoms with Crippen LogP contribution < -0.4 is 0 Å². The van der Waals surface area contributed by atoms with Crippen LogP contribution in [0.3, 0.4) is 0 Å². The van der Waals surface area contributed by atoms with E-state index in [1.807, 2.05) is 11.8 Å². The topological polar surface area (TPSA) is 38.8 Å². The number of nitrogens with zero attached hydrogens (tertiary/aromatic N) is 1. The van der Waals surface area contributed by atoms with Crippen LogP contribution in [0.4, 0.5) is 0 Å². The Hall–Kier alpha value is -0.610. The summed E-state index contributed by atoms with van der Waals surface area (Å²) in [6, 6.07) is 0. The second-order valence-corrected chi connectivity index (χ2v) is 6.25. The fraction of sp³-hybridized carbons (Fsp3) is 0.938. The maximum atomic E-state index is 12.6. The molecule has 1 unspecified atom stereocenters. The van der Waals surface area contributed by atoms with Crippen molar-refractivity contribution >= 4 is 5.91 Å². The highest BCUT2D eigenvalue weighted by Gasteiger charge is 2.43. The lowest BCUT2D eigenvalue weighted by Crippen LogP contribution is -2.49. The minimum absolute atomic E-state index is 0.185. The standard InChI is InChI=1S/C16H29NO3/c1-4-6-14(7-5-2)15(18)17-10-8-16(9-11-17)19-12-13(3)20-16/h13-14H,4-12H2,1-3H3. The molecule has 20 heavy (non-hydrogen) atoms. The van der Waals surface area contributed by atoms with Crippen molar-refractivity contribution in [3.63, 3.8) is 0 Å². The first-order chi connectivity index (χ1) is 9.60. The molecule has 2 saturated heterocycles. The first-order valence-corrected chi connectivity index (χ1v) is 8.20. The number of carbonyl (C=O) groups excluding carboxylic acids is 1. The molecule has 0 radical (unpaired) electrons. The second-order valence-electron chi connectivity index (χ2n) is 6.25.